The number of rotatable bonds is 7. The Labute approximate surface area is 138 Å². The van der Waals surface area contributed by atoms with Gasteiger partial charge in [-0.25, -0.2) is 12.7 Å². The fourth-order valence-electron chi connectivity index (χ4n) is 3.04. The summed E-state index contributed by atoms with van der Waals surface area (Å²) in [6.07, 6.45) is 1.74. The minimum Gasteiger partial charge on any atom is -0.462 e. The predicted molar refractivity (Wildman–Crippen MR) is 89.3 cm³/mol. The van der Waals surface area contributed by atoms with Crippen molar-refractivity contribution < 1.29 is 17.9 Å². The first-order valence-corrected chi connectivity index (χ1v) is 9.79. The molecule has 0 aliphatic carbocycles. The highest BCUT2D eigenvalue weighted by molar-refractivity contribution is 7.89. The van der Waals surface area contributed by atoms with Crippen LogP contribution in [0.5, 0.6) is 0 Å². The standard InChI is InChI=1S/C16H28N2O4S/c1-4-13-10-18(23(20,21)12(2)3)8-7-16(13)17-9-14-5-6-15(11-19)22-14/h5-6,12-13,16-17,19H,4,7-11H2,1-3H3. The van der Waals surface area contributed by atoms with Crippen LogP contribution in [0.25, 0.3) is 0 Å². The Kier molecular flexibility index (Phi) is 6.25. The molecule has 2 atom stereocenters. The zero-order chi connectivity index (χ0) is 17.0. The molecule has 1 aromatic heterocycles. The van der Waals surface area contributed by atoms with Gasteiger partial charge in [-0.1, -0.05) is 13.3 Å². The lowest BCUT2D eigenvalue weighted by Crippen LogP contribution is -2.51. The highest BCUT2D eigenvalue weighted by atomic mass is 32.2. The van der Waals surface area contributed by atoms with Crippen LogP contribution in [0.4, 0.5) is 0 Å². The maximum absolute atomic E-state index is 12.3. The van der Waals surface area contributed by atoms with E-state index in [4.69, 9.17) is 9.52 Å². The quantitative estimate of drug-likeness (QED) is 0.787. The molecule has 23 heavy (non-hydrogen) atoms. The van der Waals surface area contributed by atoms with Gasteiger partial charge < -0.3 is 14.8 Å². The van der Waals surface area contributed by atoms with Crippen LogP contribution in [-0.2, 0) is 23.2 Å². The van der Waals surface area contributed by atoms with Gasteiger partial charge in [0.25, 0.3) is 0 Å². The first-order chi connectivity index (χ1) is 10.9. The smallest absolute Gasteiger partial charge is 0.216 e. The number of sulfonamides is 1. The number of hydrogen-bond donors (Lipinski definition) is 2. The molecule has 2 N–H and O–H groups in total. The summed E-state index contributed by atoms with van der Waals surface area (Å²) in [4.78, 5) is 0. The van der Waals surface area contributed by atoms with Crippen LogP contribution in [0.3, 0.4) is 0 Å². The van der Waals surface area contributed by atoms with E-state index in [9.17, 15) is 8.42 Å². The molecule has 1 aliphatic rings. The number of furan rings is 1. The van der Waals surface area contributed by atoms with Gasteiger partial charge in [0.15, 0.2) is 0 Å². The summed E-state index contributed by atoms with van der Waals surface area (Å²) in [5.41, 5.74) is 0. The van der Waals surface area contributed by atoms with Crippen LogP contribution >= 0.6 is 0 Å². The molecule has 1 aliphatic heterocycles. The molecule has 0 amide bonds. The Bertz CT molecular complexity index is 597. The van der Waals surface area contributed by atoms with Gasteiger partial charge in [-0.05, 0) is 38.3 Å². The summed E-state index contributed by atoms with van der Waals surface area (Å²) < 4.78 is 31.8. The molecule has 132 valence electrons. The molecule has 1 saturated heterocycles. The fourth-order valence-corrected chi connectivity index (χ4v) is 4.40. The maximum atomic E-state index is 12.3. The summed E-state index contributed by atoms with van der Waals surface area (Å²) >= 11 is 0. The van der Waals surface area contributed by atoms with E-state index in [1.54, 1.807) is 24.2 Å². The van der Waals surface area contributed by atoms with Crippen LogP contribution in [0, 0.1) is 5.92 Å². The lowest BCUT2D eigenvalue weighted by atomic mass is 9.91. The van der Waals surface area contributed by atoms with Crippen LogP contribution in [-0.4, -0.2) is 42.2 Å². The van der Waals surface area contributed by atoms with Crippen molar-refractivity contribution in [1.82, 2.24) is 9.62 Å². The van der Waals surface area contributed by atoms with Crippen molar-refractivity contribution in [3.8, 4) is 0 Å². The largest absolute Gasteiger partial charge is 0.462 e. The summed E-state index contributed by atoms with van der Waals surface area (Å²) in [6, 6.07) is 3.91. The number of nitrogens with one attached hydrogen (secondary N) is 1. The first kappa shape index (κ1) is 18.4. The Morgan fingerprint density at radius 2 is 2.09 bits per heavy atom. The first-order valence-electron chi connectivity index (χ1n) is 8.29. The summed E-state index contributed by atoms with van der Waals surface area (Å²) in [6.45, 7) is 7.21. The van der Waals surface area contributed by atoms with Crippen LogP contribution in [0.1, 0.15) is 45.1 Å². The summed E-state index contributed by atoms with van der Waals surface area (Å²) in [5, 5.41) is 12.1. The normalized spacial score (nSPS) is 23.5. The number of hydrogen-bond acceptors (Lipinski definition) is 5. The van der Waals surface area contributed by atoms with Gasteiger partial charge in [0.1, 0.15) is 18.1 Å². The molecule has 2 unspecified atom stereocenters. The second-order valence-electron chi connectivity index (χ2n) is 6.42. The van der Waals surface area contributed by atoms with Crippen molar-refractivity contribution in [2.45, 2.75) is 58.1 Å². The average molecular weight is 344 g/mol. The van der Waals surface area contributed by atoms with Gasteiger partial charge in [-0.2, -0.15) is 0 Å². The molecule has 1 fully saturated rings. The second-order valence-corrected chi connectivity index (χ2v) is 8.91. The molecular formula is C16H28N2O4S. The van der Waals surface area contributed by atoms with E-state index < -0.39 is 10.0 Å². The third-order valence-corrected chi connectivity index (χ3v) is 6.83. The lowest BCUT2D eigenvalue weighted by Gasteiger charge is -2.38. The molecule has 1 aromatic rings. The van der Waals surface area contributed by atoms with Crippen molar-refractivity contribution in [1.29, 1.82) is 0 Å². The summed E-state index contributed by atoms with van der Waals surface area (Å²) in [7, 11) is -3.17. The Morgan fingerprint density at radius 3 is 2.65 bits per heavy atom. The van der Waals surface area contributed by atoms with Crippen molar-refractivity contribution in [2.24, 2.45) is 5.92 Å². The Balaban J connectivity index is 1.94. The highest BCUT2D eigenvalue weighted by Gasteiger charge is 2.35. The molecule has 0 spiro atoms. The number of aliphatic hydroxyl groups excluding tert-OH is 1. The zero-order valence-corrected chi connectivity index (χ0v) is 15.0. The number of nitrogens with zero attached hydrogens (tertiary/aromatic N) is 1. The van der Waals surface area contributed by atoms with E-state index in [1.807, 2.05) is 6.07 Å². The second kappa shape index (κ2) is 7.79. The SMILES string of the molecule is CCC1CN(S(=O)(=O)C(C)C)CCC1NCc1ccc(CO)o1. The van der Waals surface area contributed by atoms with Gasteiger partial charge in [-0.3, -0.25) is 0 Å². The molecule has 0 bridgehead atoms. The zero-order valence-electron chi connectivity index (χ0n) is 14.2. The maximum Gasteiger partial charge on any atom is 0.216 e. The molecular weight excluding hydrogens is 316 g/mol. The van der Waals surface area contributed by atoms with Gasteiger partial charge in [0.2, 0.25) is 10.0 Å². The van der Waals surface area contributed by atoms with Crippen LogP contribution in [0.15, 0.2) is 16.5 Å². The van der Waals surface area contributed by atoms with Crippen molar-refractivity contribution in [2.75, 3.05) is 13.1 Å². The van der Waals surface area contributed by atoms with Gasteiger partial charge in [-0.15, -0.1) is 0 Å². The van der Waals surface area contributed by atoms with E-state index in [2.05, 4.69) is 12.2 Å². The molecule has 6 nitrogen and oxygen atoms in total. The predicted octanol–water partition coefficient (Wildman–Crippen LogP) is 1.70. The molecule has 0 radical (unpaired) electrons. The van der Waals surface area contributed by atoms with Crippen molar-refractivity contribution >= 4 is 10.0 Å². The molecule has 0 aromatic carbocycles. The number of piperidine rings is 1. The molecule has 0 saturated carbocycles. The third-order valence-electron chi connectivity index (χ3n) is 4.59. The number of aliphatic hydroxyl groups is 1. The minimum absolute atomic E-state index is 0.0942. The molecule has 7 heteroatoms. The van der Waals surface area contributed by atoms with Gasteiger partial charge in [0.05, 0.1) is 11.8 Å². The molecule has 2 rings (SSSR count). The highest BCUT2D eigenvalue weighted by Crippen LogP contribution is 2.24. The average Bonchev–Trinajstić information content (AvgIpc) is 3.00. The Hall–Kier alpha value is -0.890. The fraction of sp³-hybridized carbons (Fsp3) is 0.750. The van der Waals surface area contributed by atoms with Gasteiger partial charge in [0, 0.05) is 19.1 Å². The minimum atomic E-state index is -3.17. The third kappa shape index (κ3) is 4.35. The van der Waals surface area contributed by atoms with Gasteiger partial charge >= 0.3 is 0 Å². The summed E-state index contributed by atoms with van der Waals surface area (Å²) in [5.74, 6) is 1.65. The lowest BCUT2D eigenvalue weighted by molar-refractivity contribution is 0.195. The topological polar surface area (TPSA) is 82.8 Å². The molecule has 2 heterocycles. The van der Waals surface area contributed by atoms with E-state index >= 15 is 0 Å². The van der Waals surface area contributed by atoms with Crippen LogP contribution in [0.2, 0.25) is 0 Å². The van der Waals surface area contributed by atoms with E-state index in [1.165, 1.54) is 0 Å². The van der Waals surface area contributed by atoms with Crippen LogP contribution < -0.4 is 5.32 Å². The monoisotopic (exact) mass is 344 g/mol. The Morgan fingerprint density at radius 1 is 1.39 bits per heavy atom. The van der Waals surface area contributed by atoms with Crippen molar-refractivity contribution in [3.63, 3.8) is 0 Å². The van der Waals surface area contributed by atoms with Crippen molar-refractivity contribution in [3.05, 3.63) is 23.7 Å². The van der Waals surface area contributed by atoms with E-state index in [0.717, 1.165) is 18.6 Å². The van der Waals surface area contributed by atoms with E-state index in [-0.39, 0.29) is 17.9 Å². The van der Waals surface area contributed by atoms with E-state index in [0.29, 0.717) is 31.3 Å².